The van der Waals surface area contributed by atoms with Crippen molar-refractivity contribution in [1.82, 2.24) is 5.32 Å². The molecule has 1 aromatic carbocycles. The quantitative estimate of drug-likeness (QED) is 0.271. The number of amides is 1. The van der Waals surface area contributed by atoms with Crippen molar-refractivity contribution in [3.05, 3.63) is 34.4 Å². The van der Waals surface area contributed by atoms with Crippen LogP contribution in [0.4, 0.5) is 11.4 Å². The molecule has 0 aliphatic carbocycles. The monoisotopic (exact) mass is 325 g/mol. The molecular formula is C15H25N4O4+. The van der Waals surface area contributed by atoms with E-state index < -0.39 is 4.92 Å². The van der Waals surface area contributed by atoms with Gasteiger partial charge in [-0.2, -0.15) is 0 Å². The Balaban J connectivity index is 2.15. The molecule has 0 atom stereocenters. The Morgan fingerprint density at radius 1 is 1.30 bits per heavy atom. The number of quaternary nitrogens is 1. The molecular weight excluding hydrogens is 300 g/mol. The molecule has 0 aromatic heterocycles. The molecule has 0 bridgehead atoms. The maximum atomic E-state index is 11.6. The second-order valence-corrected chi connectivity index (χ2v) is 5.99. The summed E-state index contributed by atoms with van der Waals surface area (Å²) in [5, 5.41) is 27.4. The van der Waals surface area contributed by atoms with Crippen LogP contribution in [-0.4, -0.2) is 47.7 Å². The summed E-state index contributed by atoms with van der Waals surface area (Å²) in [6.07, 6.45) is 0.742. The fourth-order valence-electron chi connectivity index (χ4n) is 1.76. The maximum Gasteiger partial charge on any atom is 0.275 e. The van der Waals surface area contributed by atoms with E-state index in [1.54, 1.807) is 17.4 Å². The molecule has 5 N–H and O–H groups in total. The van der Waals surface area contributed by atoms with E-state index in [2.05, 4.69) is 10.6 Å². The number of hydrogen-bond acceptors (Lipinski definition) is 5. The zero-order valence-corrected chi connectivity index (χ0v) is 13.5. The summed E-state index contributed by atoms with van der Waals surface area (Å²) in [5.74, 6) is -0.0677. The summed E-state index contributed by atoms with van der Waals surface area (Å²) < 4.78 is 0. The average molecular weight is 325 g/mol. The van der Waals surface area contributed by atoms with E-state index in [-0.39, 0.29) is 30.3 Å². The molecule has 0 unspecified atom stereocenters. The highest BCUT2D eigenvalue weighted by atomic mass is 16.6. The lowest BCUT2D eigenvalue weighted by atomic mass is 10.1. The van der Waals surface area contributed by atoms with E-state index in [1.807, 2.05) is 13.8 Å². The van der Waals surface area contributed by atoms with Gasteiger partial charge in [-0.05, 0) is 32.4 Å². The number of aliphatic hydroxyl groups is 1. The first-order valence-electron chi connectivity index (χ1n) is 7.54. The highest BCUT2D eigenvalue weighted by Gasteiger charge is 2.20. The summed E-state index contributed by atoms with van der Waals surface area (Å²) in [5.41, 5.74) is 0.513. The number of nitro groups is 1. The van der Waals surface area contributed by atoms with Gasteiger partial charge in [-0.25, -0.2) is 0 Å². The smallest absolute Gasteiger partial charge is 0.275 e. The summed E-state index contributed by atoms with van der Waals surface area (Å²) in [4.78, 5) is 21.7. The predicted molar refractivity (Wildman–Crippen MR) is 87.2 cm³/mol. The van der Waals surface area contributed by atoms with Crippen molar-refractivity contribution in [1.29, 1.82) is 0 Å². The normalized spacial score (nSPS) is 11.1. The first-order valence-corrected chi connectivity index (χ1v) is 7.54. The van der Waals surface area contributed by atoms with Crippen molar-refractivity contribution in [2.24, 2.45) is 0 Å². The second kappa shape index (κ2) is 9.06. The topological polar surface area (TPSA) is 121 Å². The second-order valence-electron chi connectivity index (χ2n) is 5.99. The third-order valence-electron chi connectivity index (χ3n) is 3.33. The van der Waals surface area contributed by atoms with Gasteiger partial charge >= 0.3 is 0 Å². The number of nitrogens with zero attached hydrogens (tertiary/aromatic N) is 1. The number of non-ortho nitro benzene ring substituents is 1. The van der Waals surface area contributed by atoms with Gasteiger partial charge in [0.1, 0.15) is 5.54 Å². The SMILES string of the molecule is CC(C)(CO)[NH2+]CC(=O)NCCCNc1ccc([N+](=O)[O-])cc1. The Hall–Kier alpha value is -2.19. The van der Waals surface area contributed by atoms with Gasteiger partial charge in [0.25, 0.3) is 11.6 Å². The highest BCUT2D eigenvalue weighted by molar-refractivity contribution is 5.76. The maximum absolute atomic E-state index is 11.6. The minimum absolute atomic E-state index is 0.0133. The molecule has 0 aliphatic heterocycles. The fourth-order valence-corrected chi connectivity index (χ4v) is 1.76. The first kappa shape index (κ1) is 18.9. The largest absolute Gasteiger partial charge is 0.390 e. The molecule has 1 amide bonds. The van der Waals surface area contributed by atoms with Crippen LogP contribution in [0.15, 0.2) is 24.3 Å². The van der Waals surface area contributed by atoms with Crippen LogP contribution < -0.4 is 16.0 Å². The Morgan fingerprint density at radius 2 is 1.96 bits per heavy atom. The van der Waals surface area contributed by atoms with Gasteiger partial charge in [0, 0.05) is 30.9 Å². The lowest BCUT2D eigenvalue weighted by molar-refractivity contribution is -0.712. The van der Waals surface area contributed by atoms with Gasteiger partial charge < -0.3 is 21.1 Å². The molecule has 0 spiro atoms. The molecule has 0 saturated heterocycles. The number of nitrogens with one attached hydrogen (secondary N) is 2. The Bertz CT molecular complexity index is 517. The zero-order chi connectivity index (χ0) is 17.3. The van der Waals surface area contributed by atoms with E-state index in [9.17, 15) is 14.9 Å². The lowest BCUT2D eigenvalue weighted by Gasteiger charge is -2.19. The van der Waals surface area contributed by atoms with Crippen LogP contribution >= 0.6 is 0 Å². The van der Waals surface area contributed by atoms with Crippen LogP contribution in [0.1, 0.15) is 20.3 Å². The molecule has 1 rings (SSSR count). The Morgan fingerprint density at radius 3 is 2.52 bits per heavy atom. The molecule has 8 nitrogen and oxygen atoms in total. The molecule has 128 valence electrons. The molecule has 0 aliphatic rings. The molecule has 0 radical (unpaired) electrons. The van der Waals surface area contributed by atoms with E-state index >= 15 is 0 Å². The first-order chi connectivity index (χ1) is 10.8. The zero-order valence-electron chi connectivity index (χ0n) is 13.5. The van der Waals surface area contributed by atoms with E-state index in [4.69, 9.17) is 5.11 Å². The van der Waals surface area contributed by atoms with Crippen LogP contribution in [-0.2, 0) is 4.79 Å². The van der Waals surface area contributed by atoms with Crippen molar-refractivity contribution < 1.29 is 20.1 Å². The number of carbonyl (C=O) groups excluding carboxylic acids is 1. The molecule has 0 heterocycles. The van der Waals surface area contributed by atoms with Crippen molar-refractivity contribution in [3.63, 3.8) is 0 Å². The highest BCUT2D eigenvalue weighted by Crippen LogP contribution is 2.15. The number of hydrogen-bond donors (Lipinski definition) is 4. The Kier molecular flexibility index (Phi) is 7.43. The molecule has 0 saturated carbocycles. The number of carbonyl (C=O) groups is 1. The summed E-state index contributed by atoms with van der Waals surface area (Å²) >= 11 is 0. The van der Waals surface area contributed by atoms with E-state index in [0.717, 1.165) is 12.1 Å². The third-order valence-corrected chi connectivity index (χ3v) is 3.33. The van der Waals surface area contributed by atoms with Crippen LogP contribution in [0, 0.1) is 10.1 Å². The van der Waals surface area contributed by atoms with Gasteiger partial charge in [0.05, 0.1) is 11.5 Å². The van der Waals surface area contributed by atoms with E-state index in [1.165, 1.54) is 12.1 Å². The molecule has 8 heteroatoms. The van der Waals surface area contributed by atoms with Crippen molar-refractivity contribution >= 4 is 17.3 Å². The predicted octanol–water partition coefficient (Wildman–Crippen LogP) is -0.153. The van der Waals surface area contributed by atoms with Gasteiger partial charge in [0.15, 0.2) is 6.54 Å². The minimum Gasteiger partial charge on any atom is -0.390 e. The van der Waals surface area contributed by atoms with Gasteiger partial charge in [-0.1, -0.05) is 0 Å². The van der Waals surface area contributed by atoms with Crippen molar-refractivity contribution in [2.75, 3.05) is 31.6 Å². The van der Waals surface area contributed by atoms with Crippen LogP contribution in [0.25, 0.3) is 0 Å². The Labute approximate surface area is 135 Å². The molecule has 23 heavy (non-hydrogen) atoms. The van der Waals surface area contributed by atoms with Gasteiger partial charge in [-0.3, -0.25) is 14.9 Å². The van der Waals surface area contributed by atoms with Crippen LogP contribution in [0.2, 0.25) is 0 Å². The fraction of sp³-hybridized carbons (Fsp3) is 0.533. The minimum atomic E-state index is -0.436. The van der Waals surface area contributed by atoms with Crippen LogP contribution in [0.5, 0.6) is 0 Å². The molecule has 1 aromatic rings. The number of nitrogens with two attached hydrogens (primary N) is 1. The van der Waals surface area contributed by atoms with E-state index in [0.29, 0.717) is 13.1 Å². The molecule has 0 fully saturated rings. The number of aliphatic hydroxyl groups excluding tert-OH is 1. The number of nitro benzene ring substituents is 1. The van der Waals surface area contributed by atoms with Crippen molar-refractivity contribution in [3.8, 4) is 0 Å². The summed E-state index contributed by atoms with van der Waals surface area (Å²) in [6.45, 7) is 5.24. The van der Waals surface area contributed by atoms with Gasteiger partial charge in [-0.15, -0.1) is 0 Å². The van der Waals surface area contributed by atoms with Crippen molar-refractivity contribution in [2.45, 2.75) is 25.8 Å². The number of benzene rings is 1. The average Bonchev–Trinajstić information content (AvgIpc) is 2.53. The standard InChI is InChI=1S/C15H24N4O4/c1-15(2,11-20)18-10-14(21)17-9-3-8-16-12-4-6-13(7-5-12)19(22)23/h4-7,16,18,20H,3,8-11H2,1-2H3,(H,17,21)/p+1. The number of rotatable bonds is 10. The van der Waals surface area contributed by atoms with Gasteiger partial charge in [0.2, 0.25) is 0 Å². The summed E-state index contributed by atoms with van der Waals surface area (Å²) in [7, 11) is 0. The number of anilines is 1. The summed E-state index contributed by atoms with van der Waals surface area (Å²) in [6, 6.07) is 6.21. The lowest BCUT2D eigenvalue weighted by Crippen LogP contribution is -2.97. The third kappa shape index (κ3) is 7.57. The van der Waals surface area contributed by atoms with Crippen LogP contribution in [0.3, 0.4) is 0 Å².